The molecule has 0 radical (unpaired) electrons. The van der Waals surface area contributed by atoms with E-state index in [1.807, 2.05) is 0 Å². The van der Waals surface area contributed by atoms with Crippen molar-refractivity contribution in [2.45, 2.75) is 104 Å². The van der Waals surface area contributed by atoms with Gasteiger partial charge in [0.25, 0.3) is 0 Å². The third kappa shape index (κ3) is 5.42. The summed E-state index contributed by atoms with van der Waals surface area (Å²) in [5.41, 5.74) is 2.55. The van der Waals surface area contributed by atoms with E-state index in [2.05, 4.69) is 85.8 Å². The fourth-order valence-electron chi connectivity index (χ4n) is 8.58. The van der Waals surface area contributed by atoms with Gasteiger partial charge in [-0.1, -0.05) is 87.9 Å². The van der Waals surface area contributed by atoms with E-state index in [-0.39, 0.29) is 21.7 Å². The second-order valence-corrected chi connectivity index (χ2v) is 15.0. The van der Waals surface area contributed by atoms with Gasteiger partial charge in [-0.05, 0) is 98.5 Å². The second-order valence-electron chi connectivity index (χ2n) is 15.0. The molecule has 4 bridgehead atoms. The van der Waals surface area contributed by atoms with Gasteiger partial charge in [0, 0.05) is 43.6 Å². The van der Waals surface area contributed by atoms with Crippen LogP contribution < -0.4 is 9.47 Å². The highest BCUT2D eigenvalue weighted by Gasteiger charge is 2.67. The zero-order valence-corrected chi connectivity index (χ0v) is 27.7. The average Bonchev–Trinajstić information content (AvgIpc) is 2.99. The van der Waals surface area contributed by atoms with Crippen molar-refractivity contribution in [3.63, 3.8) is 0 Å². The summed E-state index contributed by atoms with van der Waals surface area (Å²) in [7, 11) is 0. The molecule has 6 saturated carbocycles. The van der Waals surface area contributed by atoms with Gasteiger partial charge in [-0.15, -0.1) is 12.8 Å². The SMILES string of the molecule is C#CC12CC(C#Cc3ccc4c(OCCCCCC)c(OCCCCCC)c5ccc(C#CC67CC(C#C)(C6)C7)cc5c4c3)(C1)C2. The van der Waals surface area contributed by atoms with Crippen LogP contribution >= 0.6 is 0 Å². The van der Waals surface area contributed by atoms with Crippen LogP contribution in [-0.2, 0) is 0 Å². The minimum Gasteiger partial charge on any atom is -0.489 e. The first-order valence-electron chi connectivity index (χ1n) is 17.7. The Morgan fingerprint density at radius 3 is 1.33 bits per heavy atom. The molecule has 3 aromatic rings. The number of unbranched alkanes of at least 4 members (excludes halogenated alkanes) is 6. The zero-order valence-electron chi connectivity index (χ0n) is 27.7. The van der Waals surface area contributed by atoms with Crippen LogP contribution in [0.15, 0.2) is 36.4 Å². The highest BCUT2D eigenvalue weighted by molar-refractivity contribution is 6.14. The molecule has 0 amide bonds. The third-order valence-electron chi connectivity index (χ3n) is 11.1. The third-order valence-corrected chi connectivity index (χ3v) is 11.1. The molecule has 0 spiro atoms. The predicted octanol–water partition coefficient (Wildman–Crippen LogP) is 10.2. The summed E-state index contributed by atoms with van der Waals surface area (Å²) in [6.07, 6.45) is 27.1. The Labute approximate surface area is 276 Å². The monoisotopic (exact) mass is 606 g/mol. The van der Waals surface area contributed by atoms with E-state index in [0.29, 0.717) is 13.2 Å². The van der Waals surface area contributed by atoms with Crippen molar-refractivity contribution < 1.29 is 9.47 Å². The maximum absolute atomic E-state index is 6.64. The van der Waals surface area contributed by atoms with Crippen LogP contribution in [0.3, 0.4) is 0 Å². The van der Waals surface area contributed by atoms with Gasteiger partial charge < -0.3 is 9.47 Å². The molecule has 0 heterocycles. The Bertz CT molecular complexity index is 1710. The highest BCUT2D eigenvalue weighted by atomic mass is 16.5. The van der Waals surface area contributed by atoms with Gasteiger partial charge in [0.15, 0.2) is 11.5 Å². The molecule has 0 atom stereocenters. The molecular weight excluding hydrogens is 560 g/mol. The molecule has 2 heteroatoms. The van der Waals surface area contributed by atoms with E-state index in [1.54, 1.807) is 0 Å². The molecule has 3 aromatic carbocycles. The molecule has 46 heavy (non-hydrogen) atoms. The van der Waals surface area contributed by atoms with E-state index in [9.17, 15) is 0 Å². The predicted molar refractivity (Wildman–Crippen MR) is 190 cm³/mol. The lowest BCUT2D eigenvalue weighted by molar-refractivity contribution is -0.113. The lowest BCUT2D eigenvalue weighted by Gasteiger charge is -2.65. The largest absolute Gasteiger partial charge is 0.489 e. The Morgan fingerprint density at radius 1 is 0.543 bits per heavy atom. The van der Waals surface area contributed by atoms with E-state index in [4.69, 9.17) is 22.3 Å². The lowest BCUT2D eigenvalue weighted by atomic mass is 9.36. The van der Waals surface area contributed by atoms with Crippen molar-refractivity contribution in [1.29, 1.82) is 0 Å². The number of fused-ring (bicyclic) bond motifs is 3. The van der Waals surface area contributed by atoms with Gasteiger partial charge >= 0.3 is 0 Å². The van der Waals surface area contributed by atoms with Gasteiger partial charge in [-0.25, -0.2) is 0 Å². The summed E-state index contributed by atoms with van der Waals surface area (Å²) in [5.74, 6) is 22.0. The molecule has 2 nitrogen and oxygen atoms in total. The van der Waals surface area contributed by atoms with Gasteiger partial charge in [0.05, 0.1) is 13.2 Å². The fourth-order valence-corrected chi connectivity index (χ4v) is 8.58. The molecule has 234 valence electrons. The summed E-state index contributed by atoms with van der Waals surface area (Å²) < 4.78 is 13.3. The molecule has 9 rings (SSSR count). The Morgan fingerprint density at radius 2 is 0.957 bits per heavy atom. The van der Waals surface area contributed by atoms with E-state index >= 15 is 0 Å². The van der Waals surface area contributed by atoms with Crippen molar-refractivity contribution in [2.24, 2.45) is 21.7 Å². The van der Waals surface area contributed by atoms with E-state index < -0.39 is 0 Å². The zero-order chi connectivity index (χ0) is 31.8. The summed E-state index contributed by atoms with van der Waals surface area (Å²) in [5, 5.41) is 4.44. The summed E-state index contributed by atoms with van der Waals surface area (Å²) in [4.78, 5) is 0. The van der Waals surface area contributed by atoms with E-state index in [0.717, 1.165) is 95.5 Å². The number of terminal acetylenes is 2. The van der Waals surface area contributed by atoms with Crippen LogP contribution in [0.2, 0.25) is 0 Å². The normalized spacial score (nSPS) is 27.7. The summed E-state index contributed by atoms with van der Waals surface area (Å²) in [6.45, 7) is 5.84. The molecule has 6 aliphatic rings. The number of hydrogen-bond donors (Lipinski definition) is 0. The maximum atomic E-state index is 6.64. The standard InChI is InChI=1S/C44H46O2/c1-5-9-11-13-23-45-39-35-17-15-33(19-21-43-27-41(7-3,28-43)29-43)25-37(35)38-26-34(20-22-44-30-42(8-4,31-44)32-44)16-18-36(38)40(39)46-24-14-12-10-6-2/h3-4,15-18,25-26H,5-6,9-14,23-24,27-32H2,1-2H3. The fraction of sp³-hybridized carbons (Fsp3) is 0.500. The topological polar surface area (TPSA) is 18.5 Å². The first-order chi connectivity index (χ1) is 22.4. The van der Waals surface area contributed by atoms with Crippen LogP contribution in [0.1, 0.15) is 115 Å². The summed E-state index contributed by atoms with van der Waals surface area (Å²) in [6, 6.07) is 13.2. The Hall–Kier alpha value is -3.98. The molecular formula is C44H46O2. The van der Waals surface area contributed by atoms with Crippen molar-refractivity contribution in [2.75, 3.05) is 13.2 Å². The summed E-state index contributed by atoms with van der Waals surface area (Å²) >= 11 is 0. The Kier molecular flexibility index (Phi) is 7.99. The average molecular weight is 607 g/mol. The minimum absolute atomic E-state index is 0.119. The molecule has 0 N–H and O–H groups in total. The van der Waals surface area contributed by atoms with Crippen molar-refractivity contribution in [3.05, 3.63) is 47.5 Å². The molecule has 0 saturated heterocycles. The lowest BCUT2D eigenvalue weighted by Crippen LogP contribution is -2.59. The van der Waals surface area contributed by atoms with Crippen LogP contribution in [0.25, 0.3) is 21.5 Å². The van der Waals surface area contributed by atoms with Crippen molar-refractivity contribution in [3.8, 4) is 59.9 Å². The van der Waals surface area contributed by atoms with Gasteiger partial charge in [0.2, 0.25) is 0 Å². The second kappa shape index (κ2) is 12.0. The molecule has 0 unspecified atom stereocenters. The van der Waals surface area contributed by atoms with Gasteiger partial charge in [0.1, 0.15) is 0 Å². The van der Waals surface area contributed by atoms with Crippen LogP contribution in [0.4, 0.5) is 0 Å². The van der Waals surface area contributed by atoms with Crippen molar-refractivity contribution in [1.82, 2.24) is 0 Å². The quantitative estimate of drug-likeness (QED) is 0.116. The van der Waals surface area contributed by atoms with Crippen LogP contribution in [0.5, 0.6) is 11.5 Å². The van der Waals surface area contributed by atoms with Crippen LogP contribution in [-0.4, -0.2) is 13.2 Å². The highest BCUT2D eigenvalue weighted by Crippen LogP contribution is 2.73. The Balaban J connectivity index is 1.27. The maximum Gasteiger partial charge on any atom is 0.169 e. The van der Waals surface area contributed by atoms with E-state index in [1.165, 1.54) is 38.5 Å². The first-order valence-corrected chi connectivity index (χ1v) is 17.7. The number of rotatable bonds is 12. The number of ether oxygens (including phenoxy) is 2. The molecule has 6 aliphatic carbocycles. The van der Waals surface area contributed by atoms with Crippen molar-refractivity contribution >= 4 is 21.5 Å². The number of hydrogen-bond acceptors (Lipinski definition) is 2. The first kappa shape index (κ1) is 30.7. The van der Waals surface area contributed by atoms with Gasteiger partial charge in [-0.2, -0.15) is 0 Å². The minimum atomic E-state index is 0.119. The van der Waals surface area contributed by atoms with Gasteiger partial charge in [-0.3, -0.25) is 0 Å². The molecule has 0 aromatic heterocycles. The molecule has 0 aliphatic heterocycles. The smallest absolute Gasteiger partial charge is 0.169 e. The molecule has 6 fully saturated rings. The van der Waals surface area contributed by atoms with Crippen LogP contribution in [0, 0.1) is 70.0 Å². The number of benzene rings is 3.